The number of carbonyl (C=O) groups excluding carboxylic acids is 1. The number of unbranched alkanes of at least 4 members (excludes halogenated alkanes) is 1. The van der Waals surface area contributed by atoms with Crippen LogP contribution in [0.1, 0.15) is 54.7 Å². The number of rotatable bonds is 6. The summed E-state index contributed by atoms with van der Waals surface area (Å²) in [5.41, 5.74) is -0.340. The Morgan fingerprint density at radius 2 is 2.19 bits per heavy atom. The van der Waals surface area contributed by atoms with Gasteiger partial charge in [0.2, 0.25) is 0 Å². The van der Waals surface area contributed by atoms with Gasteiger partial charge in [-0.05, 0) is 31.4 Å². The van der Waals surface area contributed by atoms with Crippen LogP contribution < -0.4 is 4.74 Å². The average molecular weight is 377 g/mol. The number of likely N-dealkylation sites (tertiary alicyclic amines) is 1. The molecule has 0 aliphatic carbocycles. The highest BCUT2D eigenvalue weighted by Gasteiger charge is 2.31. The molecule has 1 atom stereocenters. The monoisotopic (exact) mass is 377 g/mol. The maximum atomic E-state index is 14.3. The molecule has 146 valence electrons. The lowest BCUT2D eigenvalue weighted by Crippen LogP contribution is -2.40. The molecule has 3 rings (SSSR count). The van der Waals surface area contributed by atoms with Crippen LogP contribution in [-0.2, 0) is 6.54 Å². The van der Waals surface area contributed by atoms with E-state index in [0.717, 1.165) is 44.1 Å². The van der Waals surface area contributed by atoms with Gasteiger partial charge in [-0.15, -0.1) is 0 Å². The second-order valence-corrected chi connectivity index (χ2v) is 6.86. The predicted octanol–water partition coefficient (Wildman–Crippen LogP) is 3.99. The van der Waals surface area contributed by atoms with Gasteiger partial charge in [-0.3, -0.25) is 4.79 Å². The van der Waals surface area contributed by atoms with E-state index in [1.54, 1.807) is 11.1 Å². The molecule has 0 spiro atoms. The first-order chi connectivity index (χ1) is 13.1. The van der Waals surface area contributed by atoms with Gasteiger partial charge in [-0.1, -0.05) is 13.3 Å². The van der Waals surface area contributed by atoms with Gasteiger partial charge in [0, 0.05) is 37.9 Å². The van der Waals surface area contributed by atoms with Crippen LogP contribution in [0.2, 0.25) is 0 Å². The first-order valence-electron chi connectivity index (χ1n) is 9.39. The van der Waals surface area contributed by atoms with Crippen LogP contribution in [0.15, 0.2) is 24.5 Å². The number of methoxy groups -OCH3 is 1. The van der Waals surface area contributed by atoms with E-state index in [0.29, 0.717) is 13.1 Å². The third-order valence-corrected chi connectivity index (χ3v) is 5.06. The summed E-state index contributed by atoms with van der Waals surface area (Å²) in [4.78, 5) is 19.0. The second kappa shape index (κ2) is 8.50. The lowest BCUT2D eigenvalue weighted by atomic mass is 9.96. The zero-order valence-corrected chi connectivity index (χ0v) is 15.8. The van der Waals surface area contributed by atoms with Crippen molar-refractivity contribution in [1.29, 1.82) is 0 Å². The Labute approximate surface area is 158 Å². The Balaban J connectivity index is 1.82. The Morgan fingerprint density at radius 1 is 1.37 bits per heavy atom. The molecular formula is C20H25F2N3O2. The van der Waals surface area contributed by atoms with Crippen LogP contribution in [-0.4, -0.2) is 40.6 Å². The zero-order valence-electron chi connectivity index (χ0n) is 15.8. The van der Waals surface area contributed by atoms with Crippen molar-refractivity contribution in [3.8, 4) is 5.75 Å². The quantitative estimate of drug-likeness (QED) is 0.765. The zero-order chi connectivity index (χ0) is 19.4. The summed E-state index contributed by atoms with van der Waals surface area (Å²) >= 11 is 0. The minimum absolute atomic E-state index is 0.0467. The van der Waals surface area contributed by atoms with Crippen LogP contribution in [0.4, 0.5) is 8.78 Å². The highest BCUT2D eigenvalue weighted by atomic mass is 19.2. The molecule has 1 aromatic heterocycles. The molecule has 1 aliphatic rings. The van der Waals surface area contributed by atoms with Crippen molar-refractivity contribution < 1.29 is 18.3 Å². The van der Waals surface area contributed by atoms with Crippen LogP contribution in [0.25, 0.3) is 0 Å². The third-order valence-electron chi connectivity index (χ3n) is 5.06. The van der Waals surface area contributed by atoms with Gasteiger partial charge in [0.25, 0.3) is 5.91 Å². The fourth-order valence-corrected chi connectivity index (χ4v) is 3.63. The van der Waals surface area contributed by atoms with Crippen molar-refractivity contribution in [1.82, 2.24) is 14.5 Å². The van der Waals surface area contributed by atoms with Gasteiger partial charge in [-0.25, -0.2) is 13.8 Å². The maximum Gasteiger partial charge on any atom is 0.260 e. The number of piperidine rings is 1. The number of aryl methyl sites for hydroxylation is 1. The van der Waals surface area contributed by atoms with E-state index in [-0.39, 0.29) is 17.2 Å². The van der Waals surface area contributed by atoms with Crippen molar-refractivity contribution in [2.45, 2.75) is 45.1 Å². The lowest BCUT2D eigenvalue weighted by molar-refractivity contribution is 0.0693. The van der Waals surface area contributed by atoms with E-state index in [1.807, 2.05) is 6.20 Å². The summed E-state index contributed by atoms with van der Waals surface area (Å²) in [5.74, 6) is -1.68. The molecule has 0 bridgehead atoms. The standard InChI is InChI=1S/C20H25F2N3O2/c1-3-4-10-24-12-9-23-19(24)14-6-5-11-25(13-14)20(26)17-16(27-2)8-7-15(21)18(17)22/h7-9,12,14H,3-6,10-11,13H2,1-2H3/t14-/m1/s1. The van der Waals surface area contributed by atoms with E-state index >= 15 is 0 Å². The second-order valence-electron chi connectivity index (χ2n) is 6.86. The SMILES string of the molecule is CCCCn1ccnc1[C@@H]1CCCN(C(=O)c2c(OC)ccc(F)c2F)C1. The topological polar surface area (TPSA) is 47.4 Å². The molecule has 1 fully saturated rings. The molecule has 27 heavy (non-hydrogen) atoms. The van der Waals surface area contributed by atoms with Crippen molar-refractivity contribution in [2.75, 3.05) is 20.2 Å². The number of ether oxygens (including phenoxy) is 1. The highest BCUT2D eigenvalue weighted by Crippen LogP contribution is 2.30. The van der Waals surface area contributed by atoms with Gasteiger partial charge in [0.1, 0.15) is 17.1 Å². The van der Waals surface area contributed by atoms with Gasteiger partial charge in [0.05, 0.1) is 7.11 Å². The van der Waals surface area contributed by atoms with Gasteiger partial charge in [0.15, 0.2) is 11.6 Å². The first kappa shape index (κ1) is 19.3. The summed E-state index contributed by atoms with van der Waals surface area (Å²) in [6, 6.07) is 2.25. The Morgan fingerprint density at radius 3 is 2.93 bits per heavy atom. The number of amides is 1. The van der Waals surface area contributed by atoms with E-state index in [1.165, 1.54) is 13.2 Å². The van der Waals surface area contributed by atoms with Crippen molar-refractivity contribution in [3.05, 3.63) is 47.5 Å². The summed E-state index contributed by atoms with van der Waals surface area (Å²) in [7, 11) is 1.34. The molecule has 0 radical (unpaired) electrons. The average Bonchev–Trinajstić information content (AvgIpc) is 3.16. The minimum Gasteiger partial charge on any atom is -0.496 e. The smallest absolute Gasteiger partial charge is 0.260 e. The predicted molar refractivity (Wildman–Crippen MR) is 97.9 cm³/mol. The van der Waals surface area contributed by atoms with Gasteiger partial charge in [-0.2, -0.15) is 0 Å². The number of nitrogens with zero attached hydrogens (tertiary/aromatic N) is 3. The fourth-order valence-electron chi connectivity index (χ4n) is 3.63. The molecule has 0 N–H and O–H groups in total. The molecule has 2 heterocycles. The maximum absolute atomic E-state index is 14.3. The summed E-state index contributed by atoms with van der Waals surface area (Å²) < 4.78 is 35.2. The van der Waals surface area contributed by atoms with E-state index < -0.39 is 17.5 Å². The molecule has 5 nitrogen and oxygen atoms in total. The van der Waals surface area contributed by atoms with Gasteiger partial charge >= 0.3 is 0 Å². The molecule has 1 saturated heterocycles. The van der Waals surface area contributed by atoms with Crippen molar-refractivity contribution in [3.63, 3.8) is 0 Å². The third kappa shape index (κ3) is 3.96. The van der Waals surface area contributed by atoms with Crippen LogP contribution in [0, 0.1) is 11.6 Å². The molecular weight excluding hydrogens is 352 g/mol. The van der Waals surface area contributed by atoms with E-state index in [4.69, 9.17) is 4.74 Å². The Hall–Kier alpha value is -2.44. The fraction of sp³-hybridized carbons (Fsp3) is 0.500. The lowest BCUT2D eigenvalue weighted by Gasteiger charge is -2.33. The Bertz CT molecular complexity index is 807. The summed E-state index contributed by atoms with van der Waals surface area (Å²) in [6.45, 7) is 3.96. The molecule has 7 heteroatoms. The number of aromatic nitrogens is 2. The first-order valence-corrected chi connectivity index (χ1v) is 9.39. The van der Waals surface area contributed by atoms with Crippen molar-refractivity contribution in [2.24, 2.45) is 0 Å². The van der Waals surface area contributed by atoms with E-state index in [9.17, 15) is 13.6 Å². The normalized spacial score (nSPS) is 17.2. The molecule has 0 saturated carbocycles. The van der Waals surface area contributed by atoms with E-state index in [2.05, 4.69) is 16.5 Å². The molecule has 2 aromatic rings. The van der Waals surface area contributed by atoms with Gasteiger partial charge < -0.3 is 14.2 Å². The largest absolute Gasteiger partial charge is 0.496 e. The highest BCUT2D eigenvalue weighted by molar-refractivity contribution is 5.97. The number of imidazole rings is 1. The number of hydrogen-bond acceptors (Lipinski definition) is 3. The number of halogens is 2. The van der Waals surface area contributed by atoms with Crippen molar-refractivity contribution >= 4 is 5.91 Å². The number of hydrogen-bond donors (Lipinski definition) is 0. The minimum atomic E-state index is -1.16. The Kier molecular flexibility index (Phi) is 6.08. The molecule has 1 amide bonds. The summed E-state index contributed by atoms with van der Waals surface area (Å²) in [6.07, 6.45) is 7.59. The molecule has 0 unspecified atom stereocenters. The van der Waals surface area contributed by atoms with Crippen LogP contribution >= 0.6 is 0 Å². The number of carbonyl (C=O) groups is 1. The summed E-state index contributed by atoms with van der Waals surface area (Å²) in [5, 5.41) is 0. The molecule has 1 aromatic carbocycles. The molecule has 1 aliphatic heterocycles. The van der Waals surface area contributed by atoms with Crippen LogP contribution in [0.5, 0.6) is 5.75 Å². The number of benzene rings is 1. The van der Waals surface area contributed by atoms with Crippen LogP contribution in [0.3, 0.4) is 0 Å².